The lowest BCUT2D eigenvalue weighted by atomic mass is 10.1. The van der Waals surface area contributed by atoms with E-state index in [0.717, 1.165) is 54.8 Å². The van der Waals surface area contributed by atoms with E-state index in [2.05, 4.69) is 62.2 Å². The molecule has 0 fully saturated rings. The molecule has 0 aliphatic heterocycles. The van der Waals surface area contributed by atoms with Crippen molar-refractivity contribution in [2.24, 2.45) is 12.0 Å². The molecule has 0 amide bonds. The Morgan fingerprint density at radius 3 is 2.44 bits per heavy atom. The van der Waals surface area contributed by atoms with Gasteiger partial charge in [0, 0.05) is 37.8 Å². The number of aromatic nitrogens is 4. The molecule has 0 aliphatic carbocycles. The number of H-pyrrole nitrogens is 1. The Kier molecular flexibility index (Phi) is 9.32. The lowest BCUT2D eigenvalue weighted by Gasteiger charge is -2.13. The van der Waals surface area contributed by atoms with Crippen LogP contribution in [0.5, 0.6) is 5.75 Å². The van der Waals surface area contributed by atoms with Crippen LogP contribution in [0.4, 0.5) is 0 Å². The first kappa shape index (κ1) is 25.5. The molecule has 0 saturated heterocycles. The number of halogens is 1. The lowest BCUT2D eigenvalue weighted by molar-refractivity contribution is 0.414. The second kappa shape index (κ2) is 12.4. The summed E-state index contributed by atoms with van der Waals surface area (Å²) in [7, 11) is 3.64. The van der Waals surface area contributed by atoms with Gasteiger partial charge in [0.2, 0.25) is 0 Å². The second-order valence-corrected chi connectivity index (χ2v) is 7.97. The molecular weight excluding hydrogens is 541 g/mol. The first-order valence-corrected chi connectivity index (χ1v) is 11.2. The summed E-state index contributed by atoms with van der Waals surface area (Å²) in [6.45, 7) is 3.93. The summed E-state index contributed by atoms with van der Waals surface area (Å²) in [5.74, 6) is 3.34. The Morgan fingerprint density at radius 2 is 1.76 bits per heavy atom. The highest BCUT2D eigenvalue weighted by molar-refractivity contribution is 14.0. The van der Waals surface area contributed by atoms with Crippen molar-refractivity contribution in [3.63, 3.8) is 0 Å². The number of para-hydroxylation sites is 1. The van der Waals surface area contributed by atoms with Crippen LogP contribution in [0, 0.1) is 6.92 Å². The summed E-state index contributed by atoms with van der Waals surface area (Å²) in [6.07, 6.45) is 1.76. The Balaban J connectivity index is 0.00000324. The third-order valence-electron chi connectivity index (χ3n) is 5.70. The number of benzene rings is 2. The van der Waals surface area contributed by atoms with Crippen LogP contribution in [0.25, 0.3) is 10.9 Å². The molecule has 0 spiro atoms. The molecule has 0 atom stereocenters. The number of rotatable bonds is 9. The standard InChI is InChI=1S/C25H31N7O.HI/c1-18-30-31-24(32(18)2)17-28-25(26-14-12-19-8-10-22(33-3)11-9-19)27-15-13-21-16-20-6-4-5-7-23(20)29-21;/h4-11,16,29H,12-15,17H2,1-3H3,(H2,26,27,28);1H. The number of hydrogen-bond acceptors (Lipinski definition) is 4. The van der Waals surface area contributed by atoms with E-state index in [1.165, 1.54) is 16.6 Å². The molecule has 2 heterocycles. The Bertz CT molecular complexity index is 1180. The maximum Gasteiger partial charge on any atom is 0.191 e. The van der Waals surface area contributed by atoms with E-state index in [1.54, 1.807) is 7.11 Å². The molecule has 9 heteroatoms. The Hall–Kier alpha value is -3.08. The zero-order valence-corrected chi connectivity index (χ0v) is 22.2. The van der Waals surface area contributed by atoms with Gasteiger partial charge in [0.05, 0.1) is 7.11 Å². The van der Waals surface area contributed by atoms with E-state index in [4.69, 9.17) is 9.73 Å². The largest absolute Gasteiger partial charge is 0.497 e. The maximum absolute atomic E-state index is 5.24. The summed E-state index contributed by atoms with van der Waals surface area (Å²) in [5.41, 5.74) is 3.60. The van der Waals surface area contributed by atoms with Gasteiger partial charge >= 0.3 is 0 Å². The zero-order chi connectivity index (χ0) is 23.0. The fraction of sp³-hybridized carbons (Fsp3) is 0.320. The molecule has 8 nitrogen and oxygen atoms in total. The van der Waals surface area contributed by atoms with Crippen LogP contribution in [-0.2, 0) is 26.4 Å². The monoisotopic (exact) mass is 573 g/mol. The van der Waals surface area contributed by atoms with Gasteiger partial charge in [0.1, 0.15) is 18.1 Å². The number of ether oxygens (including phenoxy) is 1. The Labute approximate surface area is 217 Å². The van der Waals surface area contributed by atoms with Crippen LogP contribution < -0.4 is 15.4 Å². The summed E-state index contributed by atoms with van der Waals surface area (Å²) in [5, 5.41) is 16.5. The van der Waals surface area contributed by atoms with Gasteiger partial charge in [0.15, 0.2) is 11.8 Å². The summed E-state index contributed by atoms with van der Waals surface area (Å²) < 4.78 is 7.20. The molecule has 0 unspecified atom stereocenters. The number of aliphatic imine (C=N–C) groups is 1. The highest BCUT2D eigenvalue weighted by Crippen LogP contribution is 2.14. The highest BCUT2D eigenvalue weighted by Gasteiger charge is 2.06. The van der Waals surface area contributed by atoms with Gasteiger partial charge in [-0.3, -0.25) is 0 Å². The number of fused-ring (bicyclic) bond motifs is 1. The first-order chi connectivity index (χ1) is 16.1. The van der Waals surface area contributed by atoms with Crippen molar-refractivity contribution >= 4 is 40.8 Å². The lowest BCUT2D eigenvalue weighted by Crippen LogP contribution is -2.39. The normalized spacial score (nSPS) is 11.3. The van der Waals surface area contributed by atoms with Gasteiger partial charge in [-0.2, -0.15) is 0 Å². The third-order valence-corrected chi connectivity index (χ3v) is 5.70. The van der Waals surface area contributed by atoms with Crippen LogP contribution >= 0.6 is 24.0 Å². The van der Waals surface area contributed by atoms with E-state index >= 15 is 0 Å². The average Bonchev–Trinajstić information content (AvgIpc) is 3.40. The van der Waals surface area contributed by atoms with Crippen molar-refractivity contribution in [2.75, 3.05) is 20.2 Å². The second-order valence-electron chi connectivity index (χ2n) is 7.97. The zero-order valence-electron chi connectivity index (χ0n) is 19.8. The number of nitrogens with one attached hydrogen (secondary N) is 3. The van der Waals surface area contributed by atoms with Gasteiger partial charge in [-0.25, -0.2) is 4.99 Å². The minimum absolute atomic E-state index is 0. The molecule has 3 N–H and O–H groups in total. The van der Waals surface area contributed by atoms with Gasteiger partial charge in [0.25, 0.3) is 0 Å². The number of hydrogen-bond donors (Lipinski definition) is 3. The maximum atomic E-state index is 5.24. The molecule has 34 heavy (non-hydrogen) atoms. The molecular formula is C25H32IN7O. The van der Waals surface area contributed by atoms with Crippen LogP contribution in [0.1, 0.15) is 22.9 Å². The fourth-order valence-electron chi connectivity index (χ4n) is 3.61. The summed E-state index contributed by atoms with van der Waals surface area (Å²) in [4.78, 5) is 8.22. The van der Waals surface area contributed by atoms with Crippen LogP contribution in [0.2, 0.25) is 0 Å². The summed E-state index contributed by atoms with van der Waals surface area (Å²) >= 11 is 0. The predicted octanol–water partition coefficient (Wildman–Crippen LogP) is 3.75. The van der Waals surface area contributed by atoms with E-state index < -0.39 is 0 Å². The molecule has 4 rings (SSSR count). The van der Waals surface area contributed by atoms with Gasteiger partial charge < -0.3 is 24.9 Å². The minimum Gasteiger partial charge on any atom is -0.497 e. The average molecular weight is 573 g/mol. The molecule has 2 aromatic carbocycles. The topological polar surface area (TPSA) is 92.2 Å². The fourth-order valence-corrected chi connectivity index (χ4v) is 3.61. The quantitative estimate of drug-likeness (QED) is 0.161. The highest BCUT2D eigenvalue weighted by atomic mass is 127. The Morgan fingerprint density at radius 1 is 1.03 bits per heavy atom. The minimum atomic E-state index is 0. The van der Waals surface area contributed by atoms with E-state index in [1.807, 2.05) is 36.7 Å². The van der Waals surface area contributed by atoms with E-state index in [-0.39, 0.29) is 24.0 Å². The summed E-state index contributed by atoms with van der Waals surface area (Å²) in [6, 6.07) is 18.7. The van der Waals surface area contributed by atoms with Crippen molar-refractivity contribution in [1.82, 2.24) is 30.4 Å². The van der Waals surface area contributed by atoms with Crippen molar-refractivity contribution in [3.05, 3.63) is 77.5 Å². The third kappa shape index (κ3) is 6.72. The van der Waals surface area contributed by atoms with Crippen molar-refractivity contribution in [1.29, 1.82) is 0 Å². The first-order valence-electron chi connectivity index (χ1n) is 11.2. The number of nitrogens with zero attached hydrogens (tertiary/aromatic N) is 4. The molecule has 0 saturated carbocycles. The molecule has 2 aromatic heterocycles. The molecule has 0 aliphatic rings. The van der Waals surface area contributed by atoms with Crippen molar-refractivity contribution < 1.29 is 4.74 Å². The molecule has 0 radical (unpaired) electrons. The van der Waals surface area contributed by atoms with Crippen LogP contribution in [0.3, 0.4) is 0 Å². The van der Waals surface area contributed by atoms with E-state index in [0.29, 0.717) is 6.54 Å². The molecule has 180 valence electrons. The SMILES string of the molecule is COc1ccc(CCNC(=NCc2nnc(C)n2C)NCCc2cc3ccccc3[nH]2)cc1.I. The number of guanidine groups is 1. The molecule has 4 aromatic rings. The number of aryl methyl sites for hydroxylation is 1. The smallest absolute Gasteiger partial charge is 0.191 e. The van der Waals surface area contributed by atoms with E-state index in [9.17, 15) is 0 Å². The van der Waals surface area contributed by atoms with Gasteiger partial charge in [-0.15, -0.1) is 34.2 Å². The van der Waals surface area contributed by atoms with Crippen molar-refractivity contribution in [2.45, 2.75) is 26.3 Å². The molecule has 0 bridgehead atoms. The number of methoxy groups -OCH3 is 1. The predicted molar refractivity (Wildman–Crippen MR) is 147 cm³/mol. The van der Waals surface area contributed by atoms with Gasteiger partial charge in [-0.05, 0) is 48.6 Å². The van der Waals surface area contributed by atoms with Crippen LogP contribution in [-0.4, -0.2) is 45.9 Å². The van der Waals surface area contributed by atoms with Crippen molar-refractivity contribution in [3.8, 4) is 5.75 Å². The van der Waals surface area contributed by atoms with Gasteiger partial charge in [-0.1, -0.05) is 30.3 Å². The van der Waals surface area contributed by atoms with Crippen LogP contribution in [0.15, 0.2) is 59.6 Å². The number of aromatic amines is 1.